The highest BCUT2D eigenvalue weighted by molar-refractivity contribution is 8.00. The average Bonchev–Trinajstić information content (AvgIpc) is 3.56. The second-order valence-electron chi connectivity index (χ2n) is 10.0. The maximum absolute atomic E-state index is 11.4. The van der Waals surface area contributed by atoms with Gasteiger partial charge in [-0.3, -0.25) is 0 Å². The molecule has 0 spiro atoms. The zero-order chi connectivity index (χ0) is 23.7. The number of urea groups is 1. The number of hydrogen-bond acceptors (Lipinski definition) is 4. The number of unbranched alkanes of at least 4 members (excludes halogenated alkanes) is 12. The van der Waals surface area contributed by atoms with E-state index in [0.29, 0.717) is 17.3 Å². The Morgan fingerprint density at radius 2 is 1.50 bits per heavy atom. The molecule has 194 valence electrons. The van der Waals surface area contributed by atoms with Crippen LogP contribution in [0.2, 0.25) is 0 Å². The molecule has 1 aromatic rings. The fourth-order valence-electron chi connectivity index (χ4n) is 5.09. The lowest BCUT2D eigenvalue weighted by molar-refractivity contribution is 0.0376. The highest BCUT2D eigenvalue weighted by Crippen LogP contribution is 2.33. The van der Waals surface area contributed by atoms with Gasteiger partial charge in [-0.2, -0.15) is 11.8 Å². The number of nitrogens with one attached hydrogen (secondary N) is 3. The van der Waals surface area contributed by atoms with Gasteiger partial charge in [0.15, 0.2) is 0 Å². The topological polar surface area (TPSA) is 67.3 Å². The van der Waals surface area contributed by atoms with Crippen molar-refractivity contribution < 1.29 is 9.63 Å². The number of thioether (sulfide) groups is 1. The Morgan fingerprint density at radius 3 is 2.24 bits per heavy atom. The molecular weight excluding hydrogens is 444 g/mol. The third-order valence-corrected chi connectivity index (χ3v) is 8.65. The Bertz CT molecular complexity index is 643. The number of rotatable bonds is 21. The van der Waals surface area contributed by atoms with Gasteiger partial charge < -0.3 is 20.0 Å². The summed E-state index contributed by atoms with van der Waals surface area (Å²) < 4.78 is 2.28. The second kappa shape index (κ2) is 17.3. The summed E-state index contributed by atoms with van der Waals surface area (Å²) in [7, 11) is 0. The molecule has 2 aliphatic heterocycles. The van der Waals surface area contributed by atoms with E-state index in [1.54, 1.807) is 0 Å². The quantitative estimate of drug-likeness (QED) is 0.111. The van der Waals surface area contributed by atoms with Gasteiger partial charge in [-0.15, -0.1) is 0 Å². The minimum Gasteiger partial charge on any atom is -0.354 e. The molecular formula is C27H48N4O2S. The predicted octanol–water partition coefficient (Wildman–Crippen LogP) is 6.03. The molecule has 3 unspecified atom stereocenters. The molecule has 0 bridgehead atoms. The first-order valence-corrected chi connectivity index (χ1v) is 15.0. The van der Waals surface area contributed by atoms with E-state index in [9.17, 15) is 4.79 Å². The lowest BCUT2D eigenvalue weighted by Gasteiger charge is -2.16. The highest BCUT2D eigenvalue weighted by Gasteiger charge is 2.42. The molecule has 3 rings (SSSR count). The Morgan fingerprint density at radius 1 is 0.853 bits per heavy atom. The smallest absolute Gasteiger partial charge is 0.315 e. The van der Waals surface area contributed by atoms with E-state index in [0.717, 1.165) is 25.3 Å². The third kappa shape index (κ3) is 11.0. The number of hydroxylamine groups is 1. The lowest BCUT2D eigenvalue weighted by Crippen LogP contribution is -2.36. The van der Waals surface area contributed by atoms with Crippen molar-refractivity contribution in [2.45, 2.75) is 120 Å². The minimum absolute atomic E-state index is 0.0147. The molecule has 6 nitrogen and oxygen atoms in total. The van der Waals surface area contributed by atoms with E-state index >= 15 is 0 Å². The normalized spacial score (nSPS) is 21.5. The SMILES string of the molecule is O=C1NC2CSC(CCCCCONCCCCCCCCCCCCCn3cccc3)C2N1. The molecule has 3 atom stereocenters. The van der Waals surface area contributed by atoms with Gasteiger partial charge in [-0.25, -0.2) is 10.3 Å². The first-order valence-electron chi connectivity index (χ1n) is 14.0. The fraction of sp³-hybridized carbons (Fsp3) is 0.815. The lowest BCUT2D eigenvalue weighted by atomic mass is 10.0. The van der Waals surface area contributed by atoms with Crippen LogP contribution in [0.5, 0.6) is 0 Å². The number of aryl methyl sites for hydroxylation is 1. The standard InChI is InChI=1S/C27H48N4O2S/c32-27-29-24-23-34-25(26(24)30-27)17-11-10-16-22-33-28-18-12-8-6-4-2-1-3-5-7-9-13-19-31-20-14-15-21-31/h14-15,20-21,24-26,28H,1-13,16-19,22-23H2,(H2,29,30,32). The largest absolute Gasteiger partial charge is 0.354 e. The molecule has 2 aliphatic rings. The predicted molar refractivity (Wildman–Crippen MR) is 143 cm³/mol. The second-order valence-corrected chi connectivity index (χ2v) is 11.3. The molecule has 0 aliphatic carbocycles. The van der Waals surface area contributed by atoms with Crippen LogP contribution in [0.4, 0.5) is 4.79 Å². The van der Waals surface area contributed by atoms with Gasteiger partial charge in [0, 0.05) is 36.5 Å². The first kappa shape index (κ1) is 27.4. The van der Waals surface area contributed by atoms with Gasteiger partial charge >= 0.3 is 6.03 Å². The van der Waals surface area contributed by atoms with Gasteiger partial charge in [0.1, 0.15) is 0 Å². The summed E-state index contributed by atoms with van der Waals surface area (Å²) in [6, 6.07) is 4.91. The Kier molecular flexibility index (Phi) is 13.9. The summed E-state index contributed by atoms with van der Waals surface area (Å²) in [6.07, 6.45) is 24.0. The highest BCUT2D eigenvalue weighted by atomic mass is 32.2. The van der Waals surface area contributed by atoms with Crippen LogP contribution in [0, 0.1) is 0 Å². The van der Waals surface area contributed by atoms with Crippen molar-refractivity contribution in [2.75, 3.05) is 18.9 Å². The number of nitrogens with zero attached hydrogens (tertiary/aromatic N) is 1. The van der Waals surface area contributed by atoms with E-state index in [-0.39, 0.29) is 6.03 Å². The van der Waals surface area contributed by atoms with E-state index < -0.39 is 0 Å². The number of amides is 2. The fourth-order valence-corrected chi connectivity index (χ4v) is 6.63. The van der Waals surface area contributed by atoms with Gasteiger partial charge in [0.05, 0.1) is 18.7 Å². The number of carbonyl (C=O) groups excluding carboxylic acids is 1. The van der Waals surface area contributed by atoms with Crippen LogP contribution in [0.1, 0.15) is 96.3 Å². The van der Waals surface area contributed by atoms with Crippen molar-refractivity contribution in [3.05, 3.63) is 24.5 Å². The zero-order valence-corrected chi connectivity index (χ0v) is 22.0. The van der Waals surface area contributed by atoms with Gasteiger partial charge in [0.2, 0.25) is 0 Å². The van der Waals surface area contributed by atoms with Crippen molar-refractivity contribution >= 4 is 17.8 Å². The maximum atomic E-state index is 11.4. The zero-order valence-electron chi connectivity index (χ0n) is 21.1. The molecule has 34 heavy (non-hydrogen) atoms. The van der Waals surface area contributed by atoms with Crippen LogP contribution in [-0.2, 0) is 11.4 Å². The molecule has 0 saturated carbocycles. The van der Waals surface area contributed by atoms with Crippen LogP contribution < -0.4 is 16.1 Å². The van der Waals surface area contributed by atoms with E-state index in [2.05, 4.69) is 45.2 Å². The van der Waals surface area contributed by atoms with Gasteiger partial charge in [0.25, 0.3) is 0 Å². The summed E-state index contributed by atoms with van der Waals surface area (Å²) in [5, 5.41) is 6.66. The molecule has 3 heterocycles. The van der Waals surface area contributed by atoms with Crippen molar-refractivity contribution in [2.24, 2.45) is 0 Å². The van der Waals surface area contributed by atoms with Crippen molar-refractivity contribution in [1.29, 1.82) is 0 Å². The molecule has 2 saturated heterocycles. The average molecular weight is 493 g/mol. The number of hydrogen-bond donors (Lipinski definition) is 3. The summed E-state index contributed by atoms with van der Waals surface area (Å²) in [6.45, 7) is 2.94. The van der Waals surface area contributed by atoms with Gasteiger partial charge in [-0.05, 0) is 37.8 Å². The number of carbonyl (C=O) groups is 1. The van der Waals surface area contributed by atoms with E-state index in [1.807, 2.05) is 11.8 Å². The van der Waals surface area contributed by atoms with Crippen LogP contribution in [-0.4, -0.2) is 46.8 Å². The summed E-state index contributed by atoms with van der Waals surface area (Å²) >= 11 is 2.00. The number of aromatic nitrogens is 1. The van der Waals surface area contributed by atoms with E-state index in [1.165, 1.54) is 96.4 Å². The molecule has 2 amide bonds. The van der Waals surface area contributed by atoms with Crippen molar-refractivity contribution in [3.63, 3.8) is 0 Å². The summed E-state index contributed by atoms with van der Waals surface area (Å²) in [5.41, 5.74) is 3.14. The molecule has 0 aromatic carbocycles. The Hall–Kier alpha value is -1.18. The minimum atomic E-state index is 0.0147. The van der Waals surface area contributed by atoms with E-state index in [4.69, 9.17) is 4.84 Å². The van der Waals surface area contributed by atoms with Crippen LogP contribution in [0.3, 0.4) is 0 Å². The molecule has 7 heteroatoms. The van der Waals surface area contributed by atoms with Crippen LogP contribution >= 0.6 is 11.8 Å². The number of fused-ring (bicyclic) bond motifs is 1. The molecule has 0 radical (unpaired) electrons. The Balaban J connectivity index is 0.967. The maximum Gasteiger partial charge on any atom is 0.315 e. The van der Waals surface area contributed by atoms with Crippen molar-refractivity contribution in [3.8, 4) is 0 Å². The van der Waals surface area contributed by atoms with Crippen LogP contribution in [0.15, 0.2) is 24.5 Å². The molecule has 2 fully saturated rings. The van der Waals surface area contributed by atoms with Crippen LogP contribution in [0.25, 0.3) is 0 Å². The third-order valence-electron chi connectivity index (χ3n) is 7.14. The Labute approximate surface area is 211 Å². The monoisotopic (exact) mass is 492 g/mol. The summed E-state index contributed by atoms with van der Waals surface area (Å²) in [5.74, 6) is 1.05. The summed E-state index contributed by atoms with van der Waals surface area (Å²) in [4.78, 5) is 17.0. The van der Waals surface area contributed by atoms with Gasteiger partial charge in [-0.1, -0.05) is 70.6 Å². The molecule has 3 N–H and O–H groups in total. The molecule has 1 aromatic heterocycles. The van der Waals surface area contributed by atoms with Crippen molar-refractivity contribution in [1.82, 2.24) is 20.7 Å². The first-order chi connectivity index (χ1) is 16.8.